The van der Waals surface area contributed by atoms with Crippen molar-refractivity contribution in [3.05, 3.63) is 102 Å². The van der Waals surface area contributed by atoms with Crippen LogP contribution in [0.1, 0.15) is 20.7 Å². The van der Waals surface area contributed by atoms with Gasteiger partial charge in [0.2, 0.25) is 0 Å². The van der Waals surface area contributed by atoms with Crippen LogP contribution in [0.15, 0.2) is 89.8 Å². The lowest BCUT2D eigenvalue weighted by Crippen LogP contribution is -2.29. The monoisotopic (exact) mass is 446 g/mol. The molecule has 1 N–H and O–H groups in total. The van der Waals surface area contributed by atoms with Crippen LogP contribution in [-0.2, 0) is 10.0 Å². The summed E-state index contributed by atoms with van der Waals surface area (Å²) < 4.78 is 42.5. The molecule has 0 unspecified atom stereocenters. The minimum Gasteiger partial charge on any atom is -0.277 e. The molecule has 0 fully saturated rings. The molecular weight excluding hydrogens is 431 g/mol. The van der Waals surface area contributed by atoms with E-state index in [0.29, 0.717) is 21.9 Å². The first-order valence-electron chi connectivity index (χ1n) is 9.65. The summed E-state index contributed by atoms with van der Waals surface area (Å²) in [6, 6.07) is 21.2. The summed E-state index contributed by atoms with van der Waals surface area (Å²) in [4.78, 5) is 26.8. The van der Waals surface area contributed by atoms with Crippen molar-refractivity contribution >= 4 is 44.0 Å². The molecule has 0 spiro atoms. The van der Waals surface area contributed by atoms with Gasteiger partial charge in [-0.15, -0.1) is 0 Å². The van der Waals surface area contributed by atoms with E-state index in [2.05, 4.69) is 4.72 Å². The standard InChI is InChI=1S/C24H15FN2O4S/c25-19-11-5-6-12-20(19)26-32(30,31)22-14-13-21(15-7-1-2-8-16(15)22)27-23(28)17-9-3-4-10-18(17)24(27)29/h1-14,26H. The quantitative estimate of drug-likeness (QED) is 0.465. The molecule has 2 amide bonds. The van der Waals surface area contributed by atoms with E-state index in [9.17, 15) is 22.4 Å². The van der Waals surface area contributed by atoms with Gasteiger partial charge in [-0.05, 0) is 36.4 Å². The summed E-state index contributed by atoms with van der Waals surface area (Å²) in [5.74, 6) is -1.66. The Labute approximate surface area is 183 Å². The van der Waals surface area contributed by atoms with E-state index in [1.165, 1.54) is 30.3 Å². The zero-order chi connectivity index (χ0) is 22.5. The molecule has 158 valence electrons. The number of nitrogens with one attached hydrogen (secondary N) is 1. The van der Waals surface area contributed by atoms with Gasteiger partial charge in [-0.1, -0.05) is 48.5 Å². The lowest BCUT2D eigenvalue weighted by Gasteiger charge is -2.18. The van der Waals surface area contributed by atoms with Crippen molar-refractivity contribution in [2.75, 3.05) is 9.62 Å². The molecule has 0 atom stereocenters. The van der Waals surface area contributed by atoms with Gasteiger partial charge >= 0.3 is 0 Å². The number of amides is 2. The van der Waals surface area contributed by atoms with Crippen LogP contribution in [0.25, 0.3) is 10.8 Å². The molecule has 1 aliphatic rings. The predicted molar refractivity (Wildman–Crippen MR) is 119 cm³/mol. The van der Waals surface area contributed by atoms with Crippen molar-refractivity contribution in [3.8, 4) is 0 Å². The SMILES string of the molecule is O=C1c2ccccc2C(=O)N1c1ccc(S(=O)(=O)Nc2ccccc2F)c2ccccc12. The molecule has 4 aromatic carbocycles. The fourth-order valence-electron chi connectivity index (χ4n) is 3.84. The van der Waals surface area contributed by atoms with E-state index in [-0.39, 0.29) is 16.3 Å². The number of anilines is 2. The Balaban J connectivity index is 1.64. The highest BCUT2D eigenvalue weighted by Crippen LogP contribution is 2.36. The van der Waals surface area contributed by atoms with Gasteiger partial charge < -0.3 is 0 Å². The number of carbonyl (C=O) groups is 2. The van der Waals surface area contributed by atoms with E-state index in [1.807, 2.05) is 0 Å². The Hall–Kier alpha value is -4.04. The summed E-state index contributed by atoms with van der Waals surface area (Å²) in [6.45, 7) is 0. The molecule has 6 nitrogen and oxygen atoms in total. The maximum Gasteiger partial charge on any atom is 0.266 e. The van der Waals surface area contributed by atoms with Crippen LogP contribution < -0.4 is 9.62 Å². The number of carbonyl (C=O) groups excluding carboxylic acids is 2. The van der Waals surface area contributed by atoms with Crippen molar-refractivity contribution in [1.82, 2.24) is 0 Å². The fourth-order valence-corrected chi connectivity index (χ4v) is 5.12. The summed E-state index contributed by atoms with van der Waals surface area (Å²) >= 11 is 0. The molecule has 0 saturated heterocycles. The van der Waals surface area contributed by atoms with Crippen LogP contribution in [0.2, 0.25) is 0 Å². The molecule has 0 aliphatic carbocycles. The highest BCUT2D eigenvalue weighted by Gasteiger charge is 2.37. The smallest absolute Gasteiger partial charge is 0.266 e. The number of imide groups is 1. The molecule has 4 aromatic rings. The zero-order valence-electron chi connectivity index (χ0n) is 16.4. The van der Waals surface area contributed by atoms with Crippen LogP contribution in [0.5, 0.6) is 0 Å². The molecule has 8 heteroatoms. The Bertz CT molecular complexity index is 1500. The number of hydrogen-bond donors (Lipinski definition) is 1. The van der Waals surface area contributed by atoms with Gasteiger partial charge in [0.25, 0.3) is 21.8 Å². The van der Waals surface area contributed by atoms with Crippen LogP contribution >= 0.6 is 0 Å². The van der Waals surface area contributed by atoms with Crippen molar-refractivity contribution in [2.45, 2.75) is 4.90 Å². The topological polar surface area (TPSA) is 83.6 Å². The fraction of sp³-hybridized carbons (Fsp3) is 0. The van der Waals surface area contributed by atoms with Crippen molar-refractivity contribution < 1.29 is 22.4 Å². The van der Waals surface area contributed by atoms with E-state index < -0.39 is 27.7 Å². The molecule has 0 saturated carbocycles. The number of rotatable bonds is 4. The van der Waals surface area contributed by atoms with Gasteiger partial charge in [-0.25, -0.2) is 17.7 Å². The average molecular weight is 446 g/mol. The predicted octanol–water partition coefficient (Wildman–Crippen LogP) is 4.58. The first-order valence-corrected chi connectivity index (χ1v) is 11.1. The zero-order valence-corrected chi connectivity index (χ0v) is 17.3. The first kappa shape index (κ1) is 19.9. The maximum atomic E-state index is 14.0. The maximum absolute atomic E-state index is 14.0. The summed E-state index contributed by atoms with van der Waals surface area (Å²) in [5, 5.41) is 0.698. The van der Waals surface area contributed by atoms with Crippen molar-refractivity contribution in [3.63, 3.8) is 0 Å². The highest BCUT2D eigenvalue weighted by atomic mass is 32.2. The van der Waals surface area contributed by atoms with Crippen molar-refractivity contribution in [1.29, 1.82) is 0 Å². The molecule has 1 heterocycles. The molecule has 32 heavy (non-hydrogen) atoms. The lowest BCUT2D eigenvalue weighted by atomic mass is 10.1. The van der Waals surface area contributed by atoms with Gasteiger partial charge in [-0.3, -0.25) is 14.3 Å². The third-order valence-corrected chi connectivity index (χ3v) is 6.73. The number of fused-ring (bicyclic) bond motifs is 2. The molecule has 0 bridgehead atoms. The Morgan fingerprint density at radius 2 is 1.25 bits per heavy atom. The summed E-state index contributed by atoms with van der Waals surface area (Å²) in [7, 11) is -4.16. The third-order valence-electron chi connectivity index (χ3n) is 5.30. The van der Waals surface area contributed by atoms with Gasteiger partial charge in [0.15, 0.2) is 0 Å². The Morgan fingerprint density at radius 3 is 1.91 bits per heavy atom. The second-order valence-electron chi connectivity index (χ2n) is 7.21. The normalized spacial score (nSPS) is 13.5. The number of nitrogens with zero attached hydrogens (tertiary/aromatic N) is 1. The number of benzene rings is 4. The van der Waals surface area contributed by atoms with E-state index in [4.69, 9.17) is 0 Å². The number of hydrogen-bond acceptors (Lipinski definition) is 4. The van der Waals surface area contributed by atoms with Crippen LogP contribution in [0, 0.1) is 5.82 Å². The van der Waals surface area contributed by atoms with Crippen LogP contribution in [0.3, 0.4) is 0 Å². The molecule has 1 aliphatic heterocycles. The average Bonchev–Trinajstić information content (AvgIpc) is 3.05. The minimum absolute atomic E-state index is 0.100. The minimum atomic E-state index is -4.16. The van der Waals surface area contributed by atoms with Crippen LogP contribution in [-0.4, -0.2) is 20.2 Å². The lowest BCUT2D eigenvalue weighted by molar-refractivity contribution is 0.0926. The molecular formula is C24H15FN2O4S. The summed E-state index contributed by atoms with van der Waals surface area (Å²) in [5.41, 5.74) is 0.677. The third kappa shape index (κ3) is 3.04. The Kier molecular flexibility index (Phi) is 4.53. The van der Waals surface area contributed by atoms with E-state index in [1.54, 1.807) is 48.5 Å². The van der Waals surface area contributed by atoms with Gasteiger partial charge in [0.05, 0.1) is 27.4 Å². The number of halogens is 1. The largest absolute Gasteiger partial charge is 0.277 e. The first-order chi connectivity index (χ1) is 15.4. The molecule has 0 radical (unpaired) electrons. The Morgan fingerprint density at radius 1 is 0.688 bits per heavy atom. The van der Waals surface area contributed by atoms with E-state index >= 15 is 0 Å². The van der Waals surface area contributed by atoms with Gasteiger partial charge in [-0.2, -0.15) is 0 Å². The van der Waals surface area contributed by atoms with Gasteiger partial charge in [0.1, 0.15) is 5.82 Å². The van der Waals surface area contributed by atoms with E-state index in [0.717, 1.165) is 11.0 Å². The second-order valence-corrected chi connectivity index (χ2v) is 8.86. The molecule has 0 aromatic heterocycles. The number of sulfonamides is 1. The second kappa shape index (κ2) is 7.28. The van der Waals surface area contributed by atoms with Crippen molar-refractivity contribution in [2.24, 2.45) is 0 Å². The molecule has 5 rings (SSSR count). The highest BCUT2D eigenvalue weighted by molar-refractivity contribution is 7.93. The van der Waals surface area contributed by atoms with Crippen LogP contribution in [0.4, 0.5) is 15.8 Å². The summed E-state index contributed by atoms with van der Waals surface area (Å²) in [6.07, 6.45) is 0. The van der Waals surface area contributed by atoms with Gasteiger partial charge in [0, 0.05) is 10.8 Å². The number of para-hydroxylation sites is 1.